The Labute approximate surface area is 105 Å². The van der Waals surface area contributed by atoms with Crippen molar-refractivity contribution in [2.24, 2.45) is 0 Å². The molecule has 1 aromatic heterocycles. The summed E-state index contributed by atoms with van der Waals surface area (Å²) >= 11 is 0. The fourth-order valence-electron chi connectivity index (χ4n) is 1.37. The summed E-state index contributed by atoms with van der Waals surface area (Å²) in [5.74, 6) is -8.16. The van der Waals surface area contributed by atoms with Gasteiger partial charge in [-0.1, -0.05) is 12.1 Å². The Bertz CT molecular complexity index is 593. The molecule has 0 saturated heterocycles. The maximum atomic E-state index is 13.4. The molecule has 100 valence electrons. The Morgan fingerprint density at radius 1 is 0.895 bits per heavy atom. The third kappa shape index (κ3) is 2.44. The van der Waals surface area contributed by atoms with Gasteiger partial charge in [0.1, 0.15) is 0 Å². The number of rotatable bonds is 3. The topological polar surface area (TPSA) is 31.4 Å². The molecule has 0 aliphatic rings. The van der Waals surface area contributed by atoms with Gasteiger partial charge >= 0.3 is 0 Å². The van der Waals surface area contributed by atoms with Gasteiger partial charge in [-0.15, -0.1) is 0 Å². The summed E-state index contributed by atoms with van der Waals surface area (Å²) in [6, 6.07) is 5.88. The lowest BCUT2D eigenvalue weighted by Gasteiger charge is -2.11. The average Bonchev–Trinajstić information content (AvgIpc) is 2.42. The van der Waals surface area contributed by atoms with Crippen LogP contribution in [0.2, 0.25) is 0 Å². The lowest BCUT2D eigenvalue weighted by Crippen LogP contribution is -2.03. The minimum absolute atomic E-state index is 0.0900. The van der Waals surface area contributed by atoms with Gasteiger partial charge in [-0.05, 0) is 12.1 Å². The predicted molar refractivity (Wildman–Crippen MR) is 57.1 cm³/mol. The second kappa shape index (κ2) is 5.13. The smallest absolute Gasteiger partial charge is 0.255 e. The van der Waals surface area contributed by atoms with Gasteiger partial charge < -0.3 is 9.47 Å². The van der Waals surface area contributed by atoms with Crippen molar-refractivity contribution in [3.63, 3.8) is 0 Å². The van der Waals surface area contributed by atoms with Crippen LogP contribution in [0, 0.1) is 23.5 Å². The van der Waals surface area contributed by atoms with Crippen LogP contribution in [0.4, 0.5) is 17.6 Å². The number of para-hydroxylation sites is 2. The monoisotopic (exact) mass is 273 g/mol. The van der Waals surface area contributed by atoms with Crippen molar-refractivity contribution in [1.82, 2.24) is 4.98 Å². The summed E-state index contributed by atoms with van der Waals surface area (Å²) in [5, 5.41) is 0. The zero-order valence-electron chi connectivity index (χ0n) is 9.58. The number of pyridine rings is 1. The summed E-state index contributed by atoms with van der Waals surface area (Å²) in [6.45, 7) is 0. The maximum Gasteiger partial charge on any atom is 0.255 e. The van der Waals surface area contributed by atoms with Gasteiger partial charge in [0.15, 0.2) is 11.5 Å². The molecule has 3 nitrogen and oxygen atoms in total. The Hall–Kier alpha value is -2.31. The second-order valence-electron chi connectivity index (χ2n) is 3.40. The SMILES string of the molecule is COc1ccccc1Oc1c(F)c(F)nc(F)c1F. The molecule has 0 spiro atoms. The van der Waals surface area contributed by atoms with Crippen LogP contribution in [0.1, 0.15) is 0 Å². The number of benzene rings is 1. The first-order valence-corrected chi connectivity index (χ1v) is 5.05. The van der Waals surface area contributed by atoms with E-state index in [-0.39, 0.29) is 11.5 Å². The summed E-state index contributed by atoms with van der Waals surface area (Å²) in [7, 11) is 1.31. The van der Waals surface area contributed by atoms with E-state index in [0.717, 1.165) is 0 Å². The van der Waals surface area contributed by atoms with Gasteiger partial charge in [-0.25, -0.2) is 0 Å². The summed E-state index contributed by atoms with van der Waals surface area (Å²) in [4.78, 5) is 2.42. The molecule has 1 heterocycles. The van der Waals surface area contributed by atoms with Crippen LogP contribution in [0.5, 0.6) is 17.2 Å². The first kappa shape index (κ1) is 13.1. The molecule has 0 unspecified atom stereocenters. The van der Waals surface area contributed by atoms with Crippen molar-refractivity contribution in [3.05, 3.63) is 47.8 Å². The fourth-order valence-corrected chi connectivity index (χ4v) is 1.37. The zero-order valence-corrected chi connectivity index (χ0v) is 9.58. The van der Waals surface area contributed by atoms with Gasteiger partial charge in [0.2, 0.25) is 17.4 Å². The van der Waals surface area contributed by atoms with Gasteiger partial charge in [0.25, 0.3) is 11.9 Å². The van der Waals surface area contributed by atoms with Crippen LogP contribution in [-0.4, -0.2) is 12.1 Å². The van der Waals surface area contributed by atoms with Gasteiger partial charge in [0.05, 0.1) is 7.11 Å². The molecule has 0 aliphatic heterocycles. The van der Waals surface area contributed by atoms with Crippen LogP contribution >= 0.6 is 0 Å². The molecule has 19 heavy (non-hydrogen) atoms. The van der Waals surface area contributed by atoms with Crippen molar-refractivity contribution in [2.45, 2.75) is 0 Å². The standard InChI is InChI=1S/C12H7F4NO2/c1-18-6-4-2-3-5-7(6)19-10-8(13)11(15)17-12(16)9(10)14/h2-5H,1H3. The molecular formula is C12H7F4NO2. The van der Waals surface area contributed by atoms with Crippen LogP contribution in [0.25, 0.3) is 0 Å². The van der Waals surface area contributed by atoms with E-state index in [0.29, 0.717) is 0 Å². The lowest BCUT2D eigenvalue weighted by atomic mass is 10.3. The van der Waals surface area contributed by atoms with E-state index in [1.807, 2.05) is 0 Å². The molecule has 0 N–H and O–H groups in total. The molecule has 0 atom stereocenters. The summed E-state index contributed by atoms with van der Waals surface area (Å²) in [5.41, 5.74) is 0. The first-order chi connectivity index (χ1) is 9.04. The zero-order chi connectivity index (χ0) is 14.0. The fraction of sp³-hybridized carbons (Fsp3) is 0.0833. The average molecular weight is 273 g/mol. The molecule has 0 bridgehead atoms. The molecule has 2 aromatic rings. The number of nitrogens with zero attached hydrogens (tertiary/aromatic N) is 1. The van der Waals surface area contributed by atoms with Crippen molar-refractivity contribution < 1.29 is 27.0 Å². The van der Waals surface area contributed by atoms with Crippen LogP contribution in [0.15, 0.2) is 24.3 Å². The van der Waals surface area contributed by atoms with E-state index in [1.54, 1.807) is 6.07 Å². The van der Waals surface area contributed by atoms with Crippen LogP contribution < -0.4 is 9.47 Å². The molecular weight excluding hydrogens is 266 g/mol. The molecule has 7 heteroatoms. The number of methoxy groups -OCH3 is 1. The lowest BCUT2D eigenvalue weighted by molar-refractivity contribution is 0.328. The summed E-state index contributed by atoms with van der Waals surface area (Å²) < 4.78 is 62.2. The molecule has 0 fully saturated rings. The molecule has 0 aliphatic carbocycles. The Kier molecular flexibility index (Phi) is 3.55. The molecule has 2 rings (SSSR count). The van der Waals surface area contributed by atoms with Crippen LogP contribution in [-0.2, 0) is 0 Å². The van der Waals surface area contributed by atoms with E-state index in [2.05, 4.69) is 4.98 Å². The highest BCUT2D eigenvalue weighted by atomic mass is 19.2. The minimum atomic E-state index is -1.79. The largest absolute Gasteiger partial charge is 0.493 e. The van der Waals surface area contributed by atoms with Crippen LogP contribution in [0.3, 0.4) is 0 Å². The number of hydrogen-bond donors (Lipinski definition) is 0. The highest BCUT2D eigenvalue weighted by molar-refractivity contribution is 5.43. The molecule has 0 amide bonds. The van der Waals surface area contributed by atoms with E-state index < -0.39 is 29.3 Å². The van der Waals surface area contributed by atoms with Gasteiger partial charge in [-0.2, -0.15) is 22.5 Å². The van der Waals surface area contributed by atoms with E-state index >= 15 is 0 Å². The van der Waals surface area contributed by atoms with Gasteiger partial charge in [-0.3, -0.25) is 0 Å². The van der Waals surface area contributed by atoms with E-state index in [4.69, 9.17) is 9.47 Å². The van der Waals surface area contributed by atoms with E-state index in [9.17, 15) is 17.6 Å². The first-order valence-electron chi connectivity index (χ1n) is 5.05. The van der Waals surface area contributed by atoms with Crippen molar-refractivity contribution in [1.29, 1.82) is 0 Å². The minimum Gasteiger partial charge on any atom is -0.493 e. The van der Waals surface area contributed by atoms with Gasteiger partial charge in [0, 0.05) is 0 Å². The highest BCUT2D eigenvalue weighted by Crippen LogP contribution is 2.34. The predicted octanol–water partition coefficient (Wildman–Crippen LogP) is 3.44. The van der Waals surface area contributed by atoms with E-state index in [1.165, 1.54) is 25.3 Å². The highest BCUT2D eigenvalue weighted by Gasteiger charge is 2.23. The van der Waals surface area contributed by atoms with Crippen molar-refractivity contribution in [3.8, 4) is 17.2 Å². The Morgan fingerprint density at radius 3 is 1.95 bits per heavy atom. The third-order valence-corrected chi connectivity index (χ3v) is 2.24. The Morgan fingerprint density at radius 2 is 1.42 bits per heavy atom. The molecule has 0 saturated carbocycles. The quantitative estimate of drug-likeness (QED) is 0.634. The second-order valence-corrected chi connectivity index (χ2v) is 3.40. The third-order valence-electron chi connectivity index (χ3n) is 2.24. The van der Waals surface area contributed by atoms with Crippen molar-refractivity contribution in [2.75, 3.05) is 7.11 Å². The molecule has 0 radical (unpaired) electrons. The number of aromatic nitrogens is 1. The normalized spacial score (nSPS) is 10.4. The maximum absolute atomic E-state index is 13.4. The van der Waals surface area contributed by atoms with Crippen molar-refractivity contribution >= 4 is 0 Å². The number of halogens is 4. The molecule has 1 aromatic carbocycles. The Balaban J connectivity index is 2.49. The number of ether oxygens (including phenoxy) is 2. The number of hydrogen-bond acceptors (Lipinski definition) is 3. The summed E-state index contributed by atoms with van der Waals surface area (Å²) in [6.07, 6.45) is 0.